The molecule has 1 fully saturated rings. The lowest BCUT2D eigenvalue weighted by Crippen LogP contribution is -2.08. The minimum atomic E-state index is -0.985. The molecular formula is C9H15NO3. The molecule has 0 unspecified atom stereocenters. The second-order valence-electron chi connectivity index (χ2n) is 3.32. The van der Waals surface area contributed by atoms with Crippen LogP contribution < -0.4 is 0 Å². The van der Waals surface area contributed by atoms with E-state index in [1.807, 2.05) is 0 Å². The topological polar surface area (TPSA) is 58.9 Å². The Morgan fingerprint density at radius 2 is 2.15 bits per heavy atom. The zero-order valence-electron chi connectivity index (χ0n) is 7.61. The SMILES string of the molecule is O=C(O)CON=CC1CCCCC1. The highest BCUT2D eigenvalue weighted by molar-refractivity contribution is 5.68. The van der Waals surface area contributed by atoms with E-state index < -0.39 is 5.97 Å². The van der Waals surface area contributed by atoms with Crippen LogP contribution in [-0.2, 0) is 9.63 Å². The van der Waals surface area contributed by atoms with Gasteiger partial charge < -0.3 is 9.94 Å². The van der Waals surface area contributed by atoms with Crippen LogP contribution >= 0.6 is 0 Å². The second-order valence-corrected chi connectivity index (χ2v) is 3.32. The molecule has 1 aliphatic rings. The van der Waals surface area contributed by atoms with Gasteiger partial charge >= 0.3 is 5.97 Å². The van der Waals surface area contributed by atoms with Crippen molar-refractivity contribution in [1.82, 2.24) is 0 Å². The van der Waals surface area contributed by atoms with E-state index in [-0.39, 0.29) is 6.61 Å². The molecule has 4 nitrogen and oxygen atoms in total. The molecular weight excluding hydrogens is 170 g/mol. The van der Waals surface area contributed by atoms with Crippen molar-refractivity contribution in [1.29, 1.82) is 0 Å². The van der Waals surface area contributed by atoms with E-state index in [1.165, 1.54) is 19.3 Å². The van der Waals surface area contributed by atoms with Crippen LogP contribution in [0.5, 0.6) is 0 Å². The molecule has 0 spiro atoms. The van der Waals surface area contributed by atoms with E-state index in [9.17, 15) is 4.79 Å². The molecule has 0 atom stereocenters. The van der Waals surface area contributed by atoms with Gasteiger partial charge in [0.1, 0.15) is 0 Å². The van der Waals surface area contributed by atoms with E-state index in [2.05, 4.69) is 9.99 Å². The van der Waals surface area contributed by atoms with Gasteiger partial charge in [-0.05, 0) is 18.8 Å². The Kier molecular flexibility index (Phi) is 4.29. The fraction of sp³-hybridized carbons (Fsp3) is 0.778. The largest absolute Gasteiger partial charge is 0.479 e. The first kappa shape index (κ1) is 10.0. The Hall–Kier alpha value is -1.06. The molecule has 0 bridgehead atoms. The highest BCUT2D eigenvalue weighted by atomic mass is 16.6. The van der Waals surface area contributed by atoms with Crippen LogP contribution in [0, 0.1) is 5.92 Å². The number of rotatable bonds is 4. The van der Waals surface area contributed by atoms with Gasteiger partial charge in [0.25, 0.3) is 0 Å². The van der Waals surface area contributed by atoms with Crippen molar-refractivity contribution in [3.05, 3.63) is 0 Å². The lowest BCUT2D eigenvalue weighted by molar-refractivity contribution is -0.142. The number of nitrogens with zero attached hydrogens (tertiary/aromatic N) is 1. The number of hydrogen-bond acceptors (Lipinski definition) is 3. The Morgan fingerprint density at radius 3 is 2.77 bits per heavy atom. The van der Waals surface area contributed by atoms with Crippen molar-refractivity contribution in [2.45, 2.75) is 32.1 Å². The van der Waals surface area contributed by atoms with Gasteiger partial charge in [0.05, 0.1) is 0 Å². The van der Waals surface area contributed by atoms with Crippen LogP contribution in [0.25, 0.3) is 0 Å². The minimum absolute atomic E-state index is 0.344. The third-order valence-corrected chi connectivity index (χ3v) is 2.18. The molecule has 0 saturated heterocycles. The van der Waals surface area contributed by atoms with Crippen molar-refractivity contribution in [2.24, 2.45) is 11.1 Å². The number of carboxylic acid groups (broad SMARTS) is 1. The summed E-state index contributed by atoms with van der Waals surface area (Å²) in [6, 6.07) is 0. The van der Waals surface area contributed by atoms with Gasteiger partial charge in [-0.15, -0.1) is 0 Å². The maximum absolute atomic E-state index is 10.1. The molecule has 1 N–H and O–H groups in total. The Balaban J connectivity index is 2.11. The fourth-order valence-corrected chi connectivity index (χ4v) is 1.50. The van der Waals surface area contributed by atoms with Gasteiger partial charge in [0.15, 0.2) is 0 Å². The Bertz CT molecular complexity index is 185. The predicted molar refractivity (Wildman–Crippen MR) is 48.7 cm³/mol. The molecule has 1 saturated carbocycles. The van der Waals surface area contributed by atoms with E-state index in [4.69, 9.17) is 5.11 Å². The summed E-state index contributed by atoms with van der Waals surface area (Å²) in [5.41, 5.74) is 0. The maximum atomic E-state index is 10.1. The lowest BCUT2D eigenvalue weighted by atomic mass is 9.90. The number of aliphatic carboxylic acids is 1. The monoisotopic (exact) mass is 185 g/mol. The summed E-state index contributed by atoms with van der Waals surface area (Å²) < 4.78 is 0. The standard InChI is InChI=1S/C9H15NO3/c11-9(12)7-13-10-6-8-4-2-1-3-5-8/h6,8H,1-5,7H2,(H,11,12). The van der Waals surface area contributed by atoms with E-state index >= 15 is 0 Å². The average molecular weight is 185 g/mol. The fourth-order valence-electron chi connectivity index (χ4n) is 1.50. The number of carboxylic acids is 1. The smallest absolute Gasteiger partial charge is 0.344 e. The molecule has 0 aromatic rings. The molecule has 0 aromatic carbocycles. The molecule has 13 heavy (non-hydrogen) atoms. The predicted octanol–water partition coefficient (Wildman–Crippen LogP) is 1.65. The third-order valence-electron chi connectivity index (χ3n) is 2.18. The molecule has 4 heteroatoms. The maximum Gasteiger partial charge on any atom is 0.344 e. The first-order chi connectivity index (χ1) is 6.29. The van der Waals surface area contributed by atoms with E-state index in [1.54, 1.807) is 6.21 Å². The van der Waals surface area contributed by atoms with Gasteiger partial charge in [0, 0.05) is 6.21 Å². The number of oxime groups is 1. The van der Waals surface area contributed by atoms with Gasteiger partial charge in [-0.1, -0.05) is 24.4 Å². The van der Waals surface area contributed by atoms with Crippen molar-refractivity contribution in [3.8, 4) is 0 Å². The van der Waals surface area contributed by atoms with Crippen molar-refractivity contribution in [3.63, 3.8) is 0 Å². The van der Waals surface area contributed by atoms with Crippen molar-refractivity contribution < 1.29 is 14.7 Å². The molecule has 0 aliphatic heterocycles. The van der Waals surface area contributed by atoms with Crippen LogP contribution in [0.4, 0.5) is 0 Å². The normalized spacial score (nSPS) is 19.1. The van der Waals surface area contributed by atoms with Gasteiger partial charge in [-0.25, -0.2) is 4.79 Å². The first-order valence-electron chi connectivity index (χ1n) is 4.66. The van der Waals surface area contributed by atoms with Crippen molar-refractivity contribution >= 4 is 12.2 Å². The molecule has 0 radical (unpaired) electrons. The summed E-state index contributed by atoms with van der Waals surface area (Å²) in [4.78, 5) is 14.6. The highest BCUT2D eigenvalue weighted by Crippen LogP contribution is 2.21. The van der Waals surface area contributed by atoms with Crippen LogP contribution in [0.3, 0.4) is 0 Å². The second kappa shape index (κ2) is 5.56. The van der Waals surface area contributed by atoms with Crippen molar-refractivity contribution in [2.75, 3.05) is 6.61 Å². The molecule has 0 amide bonds. The highest BCUT2D eigenvalue weighted by Gasteiger charge is 2.10. The summed E-state index contributed by atoms with van der Waals surface area (Å²) in [7, 11) is 0. The van der Waals surface area contributed by atoms with Crippen LogP contribution in [0.2, 0.25) is 0 Å². The molecule has 1 aliphatic carbocycles. The number of carbonyl (C=O) groups is 1. The summed E-state index contributed by atoms with van der Waals surface area (Å²) in [5, 5.41) is 11.9. The van der Waals surface area contributed by atoms with Crippen LogP contribution in [0.1, 0.15) is 32.1 Å². The number of hydrogen-bond donors (Lipinski definition) is 1. The van der Waals surface area contributed by atoms with Gasteiger partial charge in [0.2, 0.25) is 6.61 Å². The summed E-state index contributed by atoms with van der Waals surface area (Å²) in [6.45, 7) is -0.344. The van der Waals surface area contributed by atoms with E-state index in [0.29, 0.717) is 5.92 Å². The first-order valence-corrected chi connectivity index (χ1v) is 4.66. The summed E-state index contributed by atoms with van der Waals surface area (Å²) in [6.07, 6.45) is 7.84. The molecule has 0 aromatic heterocycles. The molecule has 1 rings (SSSR count). The summed E-state index contributed by atoms with van der Waals surface area (Å²) in [5.74, 6) is -0.497. The average Bonchev–Trinajstić information content (AvgIpc) is 2.14. The third kappa shape index (κ3) is 4.50. The molecule has 0 heterocycles. The summed E-state index contributed by atoms with van der Waals surface area (Å²) >= 11 is 0. The van der Waals surface area contributed by atoms with E-state index in [0.717, 1.165) is 12.8 Å². The minimum Gasteiger partial charge on any atom is -0.479 e. The Labute approximate surface area is 77.6 Å². The van der Waals surface area contributed by atoms with Crippen LogP contribution in [0.15, 0.2) is 5.16 Å². The quantitative estimate of drug-likeness (QED) is 0.535. The Morgan fingerprint density at radius 1 is 1.46 bits per heavy atom. The van der Waals surface area contributed by atoms with Crippen LogP contribution in [-0.4, -0.2) is 23.9 Å². The lowest BCUT2D eigenvalue weighted by Gasteiger charge is -2.16. The van der Waals surface area contributed by atoms with Gasteiger partial charge in [-0.3, -0.25) is 0 Å². The molecule has 74 valence electrons. The zero-order valence-corrected chi connectivity index (χ0v) is 7.61. The van der Waals surface area contributed by atoms with Gasteiger partial charge in [-0.2, -0.15) is 0 Å². The zero-order chi connectivity index (χ0) is 9.52.